The molecule has 5 nitrogen and oxygen atoms in total. The van der Waals surface area contributed by atoms with E-state index in [1.807, 2.05) is 0 Å². The predicted octanol–water partition coefficient (Wildman–Crippen LogP) is -2.30. The first-order valence-electron chi connectivity index (χ1n) is 3.41. The van der Waals surface area contributed by atoms with E-state index in [0.717, 1.165) is 0 Å². The standard InChI is InChI=1S/C7H8N2O2.CN.K/c1-2-11-7(10)6(5-9)3-4-8;1-2;/h6H,2-3H2,1H3;;/q;-1;+1. The summed E-state index contributed by atoms with van der Waals surface area (Å²) in [7, 11) is 0. The summed E-state index contributed by atoms with van der Waals surface area (Å²) in [6, 6.07) is 3.43. The van der Waals surface area contributed by atoms with E-state index in [1.54, 1.807) is 19.1 Å². The summed E-state index contributed by atoms with van der Waals surface area (Å²) in [6.07, 6.45) is -0.102. The zero-order chi connectivity index (χ0) is 10.7. The van der Waals surface area contributed by atoms with Gasteiger partial charge in [0, 0.05) is 0 Å². The van der Waals surface area contributed by atoms with Gasteiger partial charge < -0.3 is 16.6 Å². The predicted molar refractivity (Wildman–Crippen MR) is 40.9 cm³/mol. The zero-order valence-corrected chi connectivity index (χ0v) is 11.3. The number of ether oxygens (including phenoxy) is 1. The molecule has 0 bridgehead atoms. The summed E-state index contributed by atoms with van der Waals surface area (Å²) in [5.74, 6) is -1.54. The number of carbonyl (C=O) groups is 1. The summed E-state index contributed by atoms with van der Waals surface area (Å²) in [5.41, 5.74) is 0. The Labute approximate surface area is 126 Å². The number of hydrogen-bond acceptors (Lipinski definition) is 5. The second-order valence-corrected chi connectivity index (χ2v) is 1.80. The van der Waals surface area contributed by atoms with Gasteiger partial charge in [-0.05, 0) is 6.92 Å². The van der Waals surface area contributed by atoms with Crippen LogP contribution in [0.15, 0.2) is 0 Å². The van der Waals surface area contributed by atoms with Crippen LogP contribution in [0.1, 0.15) is 13.3 Å². The first-order valence-corrected chi connectivity index (χ1v) is 3.41. The molecule has 68 valence electrons. The Hall–Kier alpha value is -0.424. The molecule has 0 spiro atoms. The SMILES string of the molecule is CCOC(=O)C(C#N)CC#N.[C-]#N.[K+]. The smallest absolute Gasteiger partial charge is 0.512 e. The van der Waals surface area contributed by atoms with Crippen molar-refractivity contribution in [3.63, 3.8) is 0 Å². The Morgan fingerprint density at radius 2 is 2.00 bits per heavy atom. The summed E-state index contributed by atoms with van der Waals surface area (Å²) in [5, 5.41) is 22.8. The van der Waals surface area contributed by atoms with Crippen molar-refractivity contribution in [1.29, 1.82) is 15.8 Å². The van der Waals surface area contributed by atoms with Crippen molar-refractivity contribution in [3.8, 4) is 12.1 Å². The van der Waals surface area contributed by atoms with Crippen LogP contribution in [0.25, 0.3) is 0 Å². The van der Waals surface area contributed by atoms with Gasteiger partial charge in [-0.3, -0.25) is 4.79 Å². The summed E-state index contributed by atoms with van der Waals surface area (Å²) in [6.45, 7) is 6.64. The monoisotopic (exact) mass is 217 g/mol. The number of carbonyl (C=O) groups excluding carboxylic acids is 1. The van der Waals surface area contributed by atoms with Crippen LogP contribution in [0, 0.1) is 40.4 Å². The topological polar surface area (TPSA) is 97.7 Å². The molecule has 0 amide bonds. The van der Waals surface area contributed by atoms with Crippen molar-refractivity contribution in [1.82, 2.24) is 0 Å². The molecular formula is C8H8KN3O2. The van der Waals surface area contributed by atoms with E-state index < -0.39 is 11.9 Å². The van der Waals surface area contributed by atoms with Crippen LogP contribution in [-0.4, -0.2) is 12.6 Å². The van der Waals surface area contributed by atoms with Gasteiger partial charge in [0.2, 0.25) is 0 Å². The average Bonchev–Trinajstić information content (AvgIpc) is 2.17. The van der Waals surface area contributed by atoms with Gasteiger partial charge in [-0.15, -0.1) is 0 Å². The molecule has 0 aromatic heterocycles. The maximum Gasteiger partial charge on any atom is 1.00 e. The van der Waals surface area contributed by atoms with Crippen LogP contribution >= 0.6 is 0 Å². The molecule has 6 heteroatoms. The van der Waals surface area contributed by atoms with Crippen LogP contribution in [0.5, 0.6) is 0 Å². The maximum atomic E-state index is 10.8. The van der Waals surface area contributed by atoms with Gasteiger partial charge in [0.25, 0.3) is 0 Å². The summed E-state index contributed by atoms with van der Waals surface area (Å²) >= 11 is 0. The van der Waals surface area contributed by atoms with Crippen molar-refractivity contribution in [3.05, 3.63) is 6.57 Å². The molecule has 0 aromatic carbocycles. The minimum absolute atomic E-state index is 0. The molecule has 0 aliphatic carbocycles. The third-order valence-corrected chi connectivity index (χ3v) is 1.02. The molecule has 1 unspecified atom stereocenters. The van der Waals surface area contributed by atoms with Gasteiger partial charge in [0.05, 0.1) is 25.2 Å². The van der Waals surface area contributed by atoms with Crippen LogP contribution < -0.4 is 51.4 Å². The van der Waals surface area contributed by atoms with E-state index in [4.69, 9.17) is 22.4 Å². The van der Waals surface area contributed by atoms with E-state index in [1.165, 1.54) is 0 Å². The van der Waals surface area contributed by atoms with Gasteiger partial charge in [0.15, 0.2) is 5.92 Å². The molecule has 0 radical (unpaired) electrons. The molecule has 1 atom stereocenters. The van der Waals surface area contributed by atoms with Crippen molar-refractivity contribution in [2.75, 3.05) is 6.61 Å². The third kappa shape index (κ3) is 9.66. The van der Waals surface area contributed by atoms with Crippen LogP contribution in [0.2, 0.25) is 0 Å². The molecular weight excluding hydrogens is 209 g/mol. The Morgan fingerprint density at radius 1 is 1.50 bits per heavy atom. The minimum atomic E-state index is -0.931. The Morgan fingerprint density at radius 3 is 2.29 bits per heavy atom. The number of nitrogens with zero attached hydrogens (tertiary/aromatic N) is 3. The normalized spacial score (nSPS) is 8.64. The molecule has 0 aromatic rings. The number of nitriles is 2. The van der Waals surface area contributed by atoms with Crippen molar-refractivity contribution < 1.29 is 60.9 Å². The van der Waals surface area contributed by atoms with E-state index in [9.17, 15) is 4.79 Å². The fraction of sp³-hybridized carbons (Fsp3) is 0.500. The quantitative estimate of drug-likeness (QED) is 0.301. The van der Waals surface area contributed by atoms with Crippen LogP contribution in [0.3, 0.4) is 0 Å². The molecule has 0 saturated heterocycles. The van der Waals surface area contributed by atoms with Gasteiger partial charge in [-0.25, -0.2) is 0 Å². The second kappa shape index (κ2) is 15.1. The average molecular weight is 217 g/mol. The maximum absolute atomic E-state index is 10.8. The van der Waals surface area contributed by atoms with Gasteiger partial charge in [-0.1, -0.05) is 0 Å². The first-order chi connectivity index (χ1) is 6.26. The number of esters is 1. The summed E-state index contributed by atoms with van der Waals surface area (Å²) in [4.78, 5) is 10.8. The van der Waals surface area contributed by atoms with Gasteiger partial charge in [-0.2, -0.15) is 10.5 Å². The molecule has 0 saturated carbocycles. The Balaban J connectivity index is -0.000000376. The fourth-order valence-corrected chi connectivity index (χ4v) is 0.516. The molecule has 0 aliphatic rings. The third-order valence-electron chi connectivity index (χ3n) is 1.02. The molecule has 0 fully saturated rings. The summed E-state index contributed by atoms with van der Waals surface area (Å²) < 4.78 is 4.53. The largest absolute Gasteiger partial charge is 1.00 e. The van der Waals surface area contributed by atoms with E-state index in [-0.39, 0.29) is 64.4 Å². The van der Waals surface area contributed by atoms with Gasteiger partial charge in [0.1, 0.15) is 0 Å². The zero-order valence-electron chi connectivity index (χ0n) is 8.15. The first kappa shape index (κ1) is 19.2. The minimum Gasteiger partial charge on any atom is -0.512 e. The molecule has 0 aliphatic heterocycles. The Bertz CT molecular complexity index is 252. The van der Waals surface area contributed by atoms with Crippen LogP contribution in [0.4, 0.5) is 0 Å². The van der Waals surface area contributed by atoms with Crippen molar-refractivity contribution in [2.24, 2.45) is 5.92 Å². The van der Waals surface area contributed by atoms with Crippen molar-refractivity contribution >= 4 is 5.97 Å². The molecule has 0 heterocycles. The van der Waals surface area contributed by atoms with Crippen molar-refractivity contribution in [2.45, 2.75) is 13.3 Å². The molecule has 0 rings (SSSR count). The van der Waals surface area contributed by atoms with Gasteiger partial charge >= 0.3 is 57.4 Å². The van der Waals surface area contributed by atoms with E-state index in [0.29, 0.717) is 0 Å². The molecule has 14 heavy (non-hydrogen) atoms. The van der Waals surface area contributed by atoms with E-state index >= 15 is 0 Å². The molecule has 0 N–H and O–H groups in total. The number of rotatable bonds is 3. The Kier molecular flexibility index (Phi) is 20.7. The number of hydrogen-bond donors (Lipinski definition) is 0. The van der Waals surface area contributed by atoms with Crippen LogP contribution in [-0.2, 0) is 9.53 Å². The van der Waals surface area contributed by atoms with E-state index in [2.05, 4.69) is 4.74 Å². The second-order valence-electron chi connectivity index (χ2n) is 1.80. The fourth-order valence-electron chi connectivity index (χ4n) is 0.516.